The largest absolute Gasteiger partial charge is 0.457 e. The average Bonchev–Trinajstić information content (AvgIpc) is 3.35. The molecule has 3 nitrogen and oxygen atoms in total. The molecule has 1 aliphatic rings. The Bertz CT molecular complexity index is 1340. The van der Waals surface area contributed by atoms with Crippen LogP contribution in [0, 0.1) is 6.92 Å². The highest BCUT2D eigenvalue weighted by Gasteiger charge is 2.22. The van der Waals surface area contributed by atoms with Crippen LogP contribution in [0.15, 0.2) is 93.3 Å². The Morgan fingerprint density at radius 3 is 2.40 bits per heavy atom. The van der Waals surface area contributed by atoms with Gasteiger partial charge in [0.25, 0.3) is 0 Å². The smallest absolute Gasteiger partial charge is 0.343 e. The van der Waals surface area contributed by atoms with E-state index < -0.39 is 0 Å². The molecule has 5 rings (SSSR count). The topological polar surface area (TPSA) is 39.4 Å². The van der Waals surface area contributed by atoms with Crippen LogP contribution in [0.25, 0.3) is 33.9 Å². The number of rotatable bonds is 3. The van der Waals surface area contributed by atoms with Gasteiger partial charge in [-0.2, -0.15) is 0 Å². The number of esters is 1. The number of cyclic esters (lactones) is 1. The van der Waals surface area contributed by atoms with Crippen LogP contribution in [0.4, 0.5) is 0 Å². The Labute approximate surface area is 182 Å². The first-order valence-electron chi connectivity index (χ1n) is 9.57. The van der Waals surface area contributed by atoms with Gasteiger partial charge in [0.2, 0.25) is 0 Å². The van der Waals surface area contributed by atoms with E-state index >= 15 is 0 Å². The maximum Gasteiger partial charge on any atom is 0.343 e. The molecule has 30 heavy (non-hydrogen) atoms. The molecule has 0 N–H and O–H groups in total. The van der Waals surface area contributed by atoms with Crippen molar-refractivity contribution in [3.05, 3.63) is 106 Å². The van der Waals surface area contributed by atoms with Crippen molar-refractivity contribution in [3.8, 4) is 11.3 Å². The second-order valence-corrected chi connectivity index (χ2v) is 8.19. The van der Waals surface area contributed by atoms with E-state index in [1.165, 1.54) is 5.56 Å². The molecule has 0 atom stereocenters. The van der Waals surface area contributed by atoms with E-state index in [1.54, 1.807) is 12.2 Å². The number of benzene rings is 3. The predicted molar refractivity (Wildman–Crippen MR) is 123 cm³/mol. The SMILES string of the molecule is Cc1ccc2cc(C3=C/C(=C/c4ccc(-c5ccc(Br)cc5)o4)C(=O)O3)ccc2c1. The summed E-state index contributed by atoms with van der Waals surface area (Å²) >= 11 is 3.43. The summed E-state index contributed by atoms with van der Waals surface area (Å²) in [6, 6.07) is 24.0. The third-order valence-electron chi connectivity index (χ3n) is 5.06. The molecule has 0 saturated carbocycles. The molecule has 0 spiro atoms. The van der Waals surface area contributed by atoms with Crippen LogP contribution >= 0.6 is 15.9 Å². The second kappa shape index (κ2) is 7.47. The third-order valence-corrected chi connectivity index (χ3v) is 5.59. The molecule has 2 heterocycles. The van der Waals surface area contributed by atoms with Crippen molar-refractivity contribution in [2.24, 2.45) is 0 Å². The van der Waals surface area contributed by atoms with Gasteiger partial charge in [0.05, 0.1) is 5.57 Å². The van der Waals surface area contributed by atoms with Crippen molar-refractivity contribution in [1.82, 2.24) is 0 Å². The van der Waals surface area contributed by atoms with Crippen molar-refractivity contribution < 1.29 is 13.9 Å². The summed E-state index contributed by atoms with van der Waals surface area (Å²) < 4.78 is 12.4. The van der Waals surface area contributed by atoms with Gasteiger partial charge in [-0.25, -0.2) is 4.79 Å². The Balaban J connectivity index is 1.44. The second-order valence-electron chi connectivity index (χ2n) is 7.27. The zero-order chi connectivity index (χ0) is 20.7. The van der Waals surface area contributed by atoms with Crippen LogP contribution in [0.5, 0.6) is 0 Å². The predicted octanol–water partition coefficient (Wildman–Crippen LogP) is 7.15. The maximum atomic E-state index is 12.4. The molecule has 0 saturated heterocycles. The van der Waals surface area contributed by atoms with Crippen molar-refractivity contribution in [1.29, 1.82) is 0 Å². The maximum absolute atomic E-state index is 12.4. The average molecular weight is 457 g/mol. The molecule has 4 heteroatoms. The lowest BCUT2D eigenvalue weighted by Gasteiger charge is -2.05. The first kappa shape index (κ1) is 18.6. The number of furan rings is 1. The minimum absolute atomic E-state index is 0.379. The molecule has 1 aliphatic heterocycles. The summed E-state index contributed by atoms with van der Waals surface area (Å²) in [5.41, 5.74) is 3.52. The third kappa shape index (κ3) is 3.62. The summed E-state index contributed by atoms with van der Waals surface area (Å²) in [4.78, 5) is 12.4. The van der Waals surface area contributed by atoms with Crippen LogP contribution < -0.4 is 0 Å². The molecule has 0 fully saturated rings. The lowest BCUT2D eigenvalue weighted by Crippen LogP contribution is -1.97. The lowest BCUT2D eigenvalue weighted by molar-refractivity contribution is -0.130. The van der Waals surface area contributed by atoms with Crippen molar-refractivity contribution in [2.45, 2.75) is 6.92 Å². The van der Waals surface area contributed by atoms with Gasteiger partial charge >= 0.3 is 5.97 Å². The number of hydrogen-bond acceptors (Lipinski definition) is 3. The number of fused-ring (bicyclic) bond motifs is 1. The van der Waals surface area contributed by atoms with Gasteiger partial charge in [0, 0.05) is 15.6 Å². The summed E-state index contributed by atoms with van der Waals surface area (Å²) in [6.45, 7) is 2.07. The normalized spacial score (nSPS) is 14.9. The van der Waals surface area contributed by atoms with Gasteiger partial charge < -0.3 is 9.15 Å². The van der Waals surface area contributed by atoms with E-state index in [-0.39, 0.29) is 5.97 Å². The highest BCUT2D eigenvalue weighted by Crippen LogP contribution is 2.31. The van der Waals surface area contributed by atoms with Crippen LogP contribution in [-0.4, -0.2) is 5.97 Å². The van der Waals surface area contributed by atoms with Gasteiger partial charge in [-0.15, -0.1) is 0 Å². The van der Waals surface area contributed by atoms with E-state index in [0.29, 0.717) is 17.1 Å². The van der Waals surface area contributed by atoms with E-state index in [4.69, 9.17) is 9.15 Å². The molecule has 0 radical (unpaired) electrons. The van der Waals surface area contributed by atoms with Crippen LogP contribution in [0.2, 0.25) is 0 Å². The van der Waals surface area contributed by atoms with Gasteiger partial charge in [0.15, 0.2) is 0 Å². The Morgan fingerprint density at radius 1 is 0.833 bits per heavy atom. The zero-order valence-corrected chi connectivity index (χ0v) is 17.8. The molecular formula is C26H17BrO3. The highest BCUT2D eigenvalue weighted by molar-refractivity contribution is 9.10. The number of aryl methyl sites for hydroxylation is 1. The molecule has 0 aliphatic carbocycles. The summed E-state index contributed by atoms with van der Waals surface area (Å²) in [5, 5.41) is 2.27. The van der Waals surface area contributed by atoms with E-state index in [2.05, 4.69) is 41.1 Å². The highest BCUT2D eigenvalue weighted by atomic mass is 79.9. The minimum Gasteiger partial charge on any atom is -0.457 e. The van der Waals surface area contributed by atoms with Gasteiger partial charge in [-0.1, -0.05) is 64.0 Å². The minimum atomic E-state index is -0.379. The van der Waals surface area contributed by atoms with E-state index in [0.717, 1.165) is 32.1 Å². The van der Waals surface area contributed by atoms with E-state index in [9.17, 15) is 4.79 Å². The molecule has 0 bridgehead atoms. The standard InChI is InChI=1S/C26H17BrO3/c1-16-2-3-19-13-20(5-4-18(19)12-16)25-15-21(26(28)30-25)14-23-10-11-24(29-23)17-6-8-22(27)9-7-17/h2-15H,1H3/b21-14-. The molecule has 1 aromatic heterocycles. The van der Waals surface area contributed by atoms with Crippen LogP contribution in [-0.2, 0) is 9.53 Å². The Hall–Kier alpha value is -3.37. The molecule has 146 valence electrons. The molecule has 0 amide bonds. The number of carbonyl (C=O) groups excluding carboxylic acids is 1. The van der Waals surface area contributed by atoms with Crippen LogP contribution in [0.1, 0.15) is 16.9 Å². The summed E-state index contributed by atoms with van der Waals surface area (Å²) in [6.07, 6.45) is 3.47. The van der Waals surface area contributed by atoms with Gasteiger partial charge in [-0.3, -0.25) is 0 Å². The molecule has 0 unspecified atom stereocenters. The lowest BCUT2D eigenvalue weighted by atomic mass is 10.0. The molecule has 3 aromatic carbocycles. The van der Waals surface area contributed by atoms with Crippen molar-refractivity contribution in [2.75, 3.05) is 0 Å². The van der Waals surface area contributed by atoms with Crippen molar-refractivity contribution >= 4 is 44.5 Å². The fraction of sp³-hybridized carbons (Fsp3) is 0.0385. The first-order chi connectivity index (χ1) is 14.5. The Morgan fingerprint density at radius 2 is 1.57 bits per heavy atom. The van der Waals surface area contributed by atoms with Gasteiger partial charge in [-0.05, 0) is 60.2 Å². The number of halogens is 1. The quantitative estimate of drug-likeness (QED) is 0.242. The molecule has 4 aromatic rings. The fourth-order valence-electron chi connectivity index (χ4n) is 3.50. The van der Waals surface area contributed by atoms with Crippen molar-refractivity contribution in [3.63, 3.8) is 0 Å². The Kier molecular flexibility index (Phi) is 4.64. The first-order valence-corrected chi connectivity index (χ1v) is 10.4. The monoisotopic (exact) mass is 456 g/mol. The summed E-state index contributed by atoms with van der Waals surface area (Å²) in [7, 11) is 0. The fourth-order valence-corrected chi connectivity index (χ4v) is 3.77. The summed E-state index contributed by atoms with van der Waals surface area (Å²) in [5.74, 6) is 1.52. The zero-order valence-electron chi connectivity index (χ0n) is 16.2. The molecular weight excluding hydrogens is 440 g/mol. The van der Waals surface area contributed by atoms with Gasteiger partial charge in [0.1, 0.15) is 17.3 Å². The van der Waals surface area contributed by atoms with Crippen LogP contribution in [0.3, 0.4) is 0 Å². The van der Waals surface area contributed by atoms with E-state index in [1.807, 2.05) is 54.6 Å². The number of ether oxygens (including phenoxy) is 1. The number of carbonyl (C=O) groups is 1. The number of hydrogen-bond donors (Lipinski definition) is 0.